The third-order valence-electron chi connectivity index (χ3n) is 5.67. The molecule has 2 fully saturated rings. The van der Waals surface area contributed by atoms with Gasteiger partial charge in [0.1, 0.15) is 0 Å². The topological polar surface area (TPSA) is 63.6 Å². The average Bonchev–Trinajstić information content (AvgIpc) is 3.38. The van der Waals surface area contributed by atoms with E-state index in [0.29, 0.717) is 25.7 Å². The Bertz CT molecular complexity index is 782. The van der Waals surface area contributed by atoms with Crippen molar-refractivity contribution in [2.75, 3.05) is 19.7 Å². The number of rotatable bonds is 4. The predicted molar refractivity (Wildman–Crippen MR) is 106 cm³/mol. The lowest BCUT2D eigenvalue weighted by atomic mass is 10.1. The molecule has 1 saturated carbocycles. The second kappa shape index (κ2) is 7.92. The first-order chi connectivity index (χ1) is 13.1. The first-order valence-corrected chi connectivity index (χ1v) is 10.8. The van der Waals surface area contributed by atoms with Gasteiger partial charge >= 0.3 is 6.09 Å². The standard InChI is InChI=1S/C20H27N3O3S/c1-2-26-20(25)22-9-7-15(8-10-22)21-19(24)17-11-14-12-23(13-18(14)27-17)16-5-3-4-6-16/h11-13,15-16H,2-10H2,1H3,(H,21,24). The van der Waals surface area contributed by atoms with Gasteiger partial charge in [0.05, 0.1) is 16.2 Å². The van der Waals surface area contributed by atoms with E-state index in [2.05, 4.69) is 22.3 Å². The number of hydrogen-bond acceptors (Lipinski definition) is 4. The molecule has 27 heavy (non-hydrogen) atoms. The molecule has 2 aromatic heterocycles. The minimum Gasteiger partial charge on any atom is -0.450 e. The zero-order chi connectivity index (χ0) is 18.8. The highest BCUT2D eigenvalue weighted by atomic mass is 32.1. The molecule has 4 rings (SSSR count). The summed E-state index contributed by atoms with van der Waals surface area (Å²) in [5, 5.41) is 4.29. The molecule has 0 spiro atoms. The molecule has 0 aromatic carbocycles. The number of carbonyl (C=O) groups is 2. The summed E-state index contributed by atoms with van der Waals surface area (Å²) in [7, 11) is 0. The Hall–Kier alpha value is -2.02. The summed E-state index contributed by atoms with van der Waals surface area (Å²) < 4.78 is 8.56. The average molecular weight is 390 g/mol. The first kappa shape index (κ1) is 18.3. The van der Waals surface area contributed by atoms with Gasteiger partial charge in [0.15, 0.2) is 0 Å². The highest BCUT2D eigenvalue weighted by Crippen LogP contribution is 2.34. The van der Waals surface area contributed by atoms with Crippen molar-refractivity contribution >= 4 is 33.4 Å². The zero-order valence-corrected chi connectivity index (χ0v) is 16.6. The Labute approximate surface area is 163 Å². The summed E-state index contributed by atoms with van der Waals surface area (Å²) in [6.07, 6.45) is 10.8. The quantitative estimate of drug-likeness (QED) is 0.854. The molecule has 2 amide bonds. The van der Waals surface area contributed by atoms with Crippen LogP contribution in [0.1, 0.15) is 61.2 Å². The Balaban J connectivity index is 1.33. The van der Waals surface area contributed by atoms with Crippen molar-refractivity contribution < 1.29 is 14.3 Å². The molecule has 7 heteroatoms. The summed E-state index contributed by atoms with van der Waals surface area (Å²) >= 11 is 1.57. The molecular weight excluding hydrogens is 362 g/mol. The van der Waals surface area contributed by atoms with Crippen molar-refractivity contribution in [1.82, 2.24) is 14.8 Å². The molecule has 0 unspecified atom stereocenters. The number of nitrogens with zero attached hydrogens (tertiary/aromatic N) is 2. The third-order valence-corrected chi connectivity index (χ3v) is 6.76. The fourth-order valence-corrected chi connectivity index (χ4v) is 5.14. The molecule has 6 nitrogen and oxygen atoms in total. The van der Waals surface area contributed by atoms with E-state index in [4.69, 9.17) is 4.74 Å². The van der Waals surface area contributed by atoms with Gasteiger partial charge in [-0.25, -0.2) is 4.79 Å². The van der Waals surface area contributed by atoms with Crippen molar-refractivity contribution in [2.24, 2.45) is 0 Å². The van der Waals surface area contributed by atoms with Gasteiger partial charge < -0.3 is 19.5 Å². The predicted octanol–water partition coefficient (Wildman–Crippen LogP) is 4.17. The summed E-state index contributed by atoms with van der Waals surface area (Å²) in [6, 6.07) is 2.75. The second-order valence-corrected chi connectivity index (χ2v) is 8.59. The maximum atomic E-state index is 12.6. The number of fused-ring (bicyclic) bond motifs is 1. The van der Waals surface area contributed by atoms with E-state index < -0.39 is 0 Å². The molecule has 146 valence electrons. The summed E-state index contributed by atoms with van der Waals surface area (Å²) in [5.74, 6) is -0.00167. The van der Waals surface area contributed by atoms with E-state index in [0.717, 1.165) is 23.1 Å². The van der Waals surface area contributed by atoms with E-state index in [-0.39, 0.29) is 18.0 Å². The lowest BCUT2D eigenvalue weighted by molar-refractivity contribution is 0.0863. The molecule has 0 bridgehead atoms. The third kappa shape index (κ3) is 3.98. The molecule has 3 heterocycles. The van der Waals surface area contributed by atoms with E-state index in [9.17, 15) is 9.59 Å². The lowest BCUT2D eigenvalue weighted by Crippen LogP contribution is -2.46. The van der Waals surface area contributed by atoms with Crippen LogP contribution in [0, 0.1) is 0 Å². The van der Waals surface area contributed by atoms with E-state index >= 15 is 0 Å². The molecule has 1 N–H and O–H groups in total. The molecule has 0 radical (unpaired) electrons. The number of nitrogens with one attached hydrogen (secondary N) is 1. The molecule has 1 saturated heterocycles. The van der Waals surface area contributed by atoms with E-state index in [1.165, 1.54) is 30.4 Å². The number of thiophene rings is 1. The number of hydrogen-bond donors (Lipinski definition) is 1. The number of aromatic nitrogens is 1. The Kier molecular flexibility index (Phi) is 5.38. The van der Waals surface area contributed by atoms with Gasteiger partial charge in [-0.05, 0) is 38.7 Å². The van der Waals surface area contributed by atoms with E-state index in [1.54, 1.807) is 16.2 Å². The minimum absolute atomic E-state index is 0.00167. The van der Waals surface area contributed by atoms with Crippen molar-refractivity contribution in [1.29, 1.82) is 0 Å². The highest BCUT2D eigenvalue weighted by molar-refractivity contribution is 7.20. The van der Waals surface area contributed by atoms with Crippen LogP contribution < -0.4 is 5.32 Å². The summed E-state index contributed by atoms with van der Waals surface area (Å²) in [4.78, 5) is 26.9. The largest absolute Gasteiger partial charge is 0.450 e. The van der Waals surface area contributed by atoms with Gasteiger partial charge in [0.25, 0.3) is 5.91 Å². The SMILES string of the molecule is CCOC(=O)N1CCC(NC(=O)c2cc3cn(C4CCCC4)cc3s2)CC1. The van der Waals surface area contributed by atoms with Crippen LogP contribution >= 0.6 is 11.3 Å². The molecule has 2 aromatic rings. The molecule has 2 aliphatic rings. The van der Waals surface area contributed by atoms with Gasteiger partial charge in [-0.15, -0.1) is 11.3 Å². The number of likely N-dealkylation sites (tertiary alicyclic amines) is 1. The summed E-state index contributed by atoms with van der Waals surface area (Å²) in [5.41, 5.74) is 0. The maximum Gasteiger partial charge on any atom is 0.409 e. The molecule has 1 aliphatic heterocycles. The monoisotopic (exact) mass is 389 g/mol. The van der Waals surface area contributed by atoms with Crippen LogP contribution in [0.5, 0.6) is 0 Å². The molecule has 0 atom stereocenters. The number of piperidine rings is 1. The minimum atomic E-state index is -0.255. The van der Waals surface area contributed by atoms with Gasteiger partial charge in [-0.2, -0.15) is 0 Å². The zero-order valence-electron chi connectivity index (χ0n) is 15.8. The van der Waals surface area contributed by atoms with E-state index in [1.807, 2.05) is 13.0 Å². The highest BCUT2D eigenvalue weighted by Gasteiger charge is 2.25. The smallest absolute Gasteiger partial charge is 0.409 e. The van der Waals surface area contributed by atoms with Gasteiger partial charge in [-0.1, -0.05) is 12.8 Å². The Morgan fingerprint density at radius 3 is 2.59 bits per heavy atom. The van der Waals surface area contributed by atoms with Crippen LogP contribution in [-0.4, -0.2) is 47.2 Å². The normalized spacial score (nSPS) is 18.9. The first-order valence-electron chi connectivity index (χ1n) is 9.97. The van der Waals surface area contributed by atoms with Crippen molar-refractivity contribution in [3.05, 3.63) is 23.3 Å². The van der Waals surface area contributed by atoms with Gasteiger partial charge in [0.2, 0.25) is 0 Å². The van der Waals surface area contributed by atoms with Crippen molar-refractivity contribution in [3.8, 4) is 0 Å². The fourth-order valence-electron chi connectivity index (χ4n) is 4.16. The van der Waals surface area contributed by atoms with Crippen molar-refractivity contribution in [2.45, 2.75) is 57.5 Å². The van der Waals surface area contributed by atoms with Crippen LogP contribution in [0.2, 0.25) is 0 Å². The van der Waals surface area contributed by atoms with Crippen LogP contribution in [0.15, 0.2) is 18.5 Å². The van der Waals surface area contributed by atoms with Crippen molar-refractivity contribution in [3.63, 3.8) is 0 Å². The number of ether oxygens (including phenoxy) is 1. The van der Waals surface area contributed by atoms with Crippen LogP contribution in [0.3, 0.4) is 0 Å². The number of amides is 2. The van der Waals surface area contributed by atoms with Crippen LogP contribution in [0.4, 0.5) is 4.79 Å². The second-order valence-electron chi connectivity index (χ2n) is 7.51. The van der Waals surface area contributed by atoms with Crippen LogP contribution in [-0.2, 0) is 4.74 Å². The van der Waals surface area contributed by atoms with Crippen LogP contribution in [0.25, 0.3) is 10.1 Å². The van der Waals surface area contributed by atoms with Gasteiger partial charge in [0, 0.05) is 43.0 Å². The summed E-state index contributed by atoms with van der Waals surface area (Å²) in [6.45, 7) is 3.46. The fraction of sp³-hybridized carbons (Fsp3) is 0.600. The number of carbonyl (C=O) groups excluding carboxylic acids is 2. The maximum absolute atomic E-state index is 12.6. The molecular formula is C20H27N3O3S. The lowest BCUT2D eigenvalue weighted by Gasteiger charge is -2.31. The Morgan fingerprint density at radius 1 is 1.19 bits per heavy atom. The van der Waals surface area contributed by atoms with Gasteiger partial charge in [-0.3, -0.25) is 4.79 Å². The molecule has 1 aliphatic carbocycles. The Morgan fingerprint density at radius 2 is 1.93 bits per heavy atom.